The topological polar surface area (TPSA) is 123 Å². The minimum atomic E-state index is -5.39. The SMILES string of the molecule is COc1cccc(C[P+](c2cccc(C)c2)(c2cccc(C)c2)c2cccc(C)c2)c1.COc1cccc(C[P+](c2ccccc2C)(c2ccccc2C)c2ccccc2C)c1.COc1cccc(C[P+](c2ccccc2C)(c2ccccc2C)c2ccccc2C)c1.COc1cccc(C[P+](c2ccccc2C)(c2ccccc2C)c2ccccc2C)c1.O=P([O-])([O-])[O-].[Cl-]. The summed E-state index contributed by atoms with van der Waals surface area (Å²) in [5, 5.41) is 17.4. The maximum absolute atomic E-state index is 8.55. The van der Waals surface area contributed by atoms with Gasteiger partial charge in [-0.15, -0.1) is 0 Å². The monoisotopic (exact) mass is 1830 g/mol. The van der Waals surface area contributed by atoms with Crippen LogP contribution in [-0.4, -0.2) is 28.4 Å². The lowest BCUT2D eigenvalue weighted by Crippen LogP contribution is -3.00. The van der Waals surface area contributed by atoms with Gasteiger partial charge >= 0.3 is 0 Å². The number of methoxy groups -OCH3 is 4. The van der Waals surface area contributed by atoms with Crippen LogP contribution in [0.2, 0.25) is 0 Å². The predicted octanol–water partition coefficient (Wildman–Crippen LogP) is 18.6. The van der Waals surface area contributed by atoms with E-state index in [1.807, 2.05) is 24.3 Å². The van der Waals surface area contributed by atoms with Gasteiger partial charge in [0.1, 0.15) is 116 Å². The third-order valence-electron chi connectivity index (χ3n) is 24.3. The number of aryl methyl sites for hydroxylation is 12. The van der Waals surface area contributed by atoms with E-state index in [0.29, 0.717) is 0 Å². The summed E-state index contributed by atoms with van der Waals surface area (Å²) in [6.45, 7) is 26.9. The van der Waals surface area contributed by atoms with Crippen molar-refractivity contribution in [2.45, 2.75) is 108 Å². The van der Waals surface area contributed by atoms with Crippen molar-refractivity contribution in [2.75, 3.05) is 28.4 Å². The van der Waals surface area contributed by atoms with Crippen molar-refractivity contribution in [3.63, 3.8) is 0 Å². The lowest BCUT2D eigenvalue weighted by Gasteiger charge is -2.36. The highest BCUT2D eigenvalue weighted by Crippen LogP contribution is 2.64. The number of ether oxygens (including phenoxy) is 4. The van der Waals surface area contributed by atoms with Crippen molar-refractivity contribution in [1.82, 2.24) is 0 Å². The van der Waals surface area contributed by atoms with Crippen LogP contribution in [0.25, 0.3) is 0 Å². The van der Waals surface area contributed by atoms with E-state index in [0.717, 1.165) is 47.6 Å². The zero-order valence-electron chi connectivity index (χ0n) is 77.7. The summed E-state index contributed by atoms with van der Waals surface area (Å²) < 4.78 is 30.8. The maximum atomic E-state index is 8.55. The highest BCUT2D eigenvalue weighted by molar-refractivity contribution is 7.96. The van der Waals surface area contributed by atoms with E-state index in [1.165, 1.54) is 153 Å². The Kier molecular flexibility index (Phi) is 35.2. The zero-order valence-corrected chi connectivity index (χ0v) is 82.9. The Morgan fingerprint density at radius 1 is 0.208 bits per heavy atom. The third kappa shape index (κ3) is 23.6. The summed E-state index contributed by atoms with van der Waals surface area (Å²) in [5.74, 6) is 3.65. The summed E-state index contributed by atoms with van der Waals surface area (Å²) in [4.78, 5) is 25.6. The number of phosphoric acid groups is 1. The molecular weight excluding hydrogens is 1710 g/mol. The molecule has 0 saturated carbocycles. The van der Waals surface area contributed by atoms with Crippen molar-refractivity contribution in [3.8, 4) is 23.0 Å². The Morgan fingerprint density at radius 2 is 0.362 bits per heavy atom. The van der Waals surface area contributed by atoms with Gasteiger partial charge in [-0.3, -0.25) is 0 Å². The molecule has 0 unspecified atom stereocenters. The molecule has 0 saturated heterocycles. The highest BCUT2D eigenvalue weighted by Gasteiger charge is 2.52. The van der Waals surface area contributed by atoms with Crippen LogP contribution in [0.3, 0.4) is 0 Å². The van der Waals surface area contributed by atoms with Crippen LogP contribution in [0, 0.1) is 83.1 Å². The molecule has 16 aromatic rings. The van der Waals surface area contributed by atoms with E-state index >= 15 is 0 Å². The summed E-state index contributed by atoms with van der Waals surface area (Å²) in [6.07, 6.45) is 3.85. The molecule has 16 rings (SSSR count). The molecule has 0 fully saturated rings. The van der Waals surface area contributed by atoms with Gasteiger partial charge in [-0.05, 0) is 312 Å². The molecule has 0 spiro atoms. The van der Waals surface area contributed by atoms with E-state index in [4.69, 9.17) is 38.2 Å². The predicted molar refractivity (Wildman–Crippen MR) is 552 cm³/mol. The van der Waals surface area contributed by atoms with Crippen molar-refractivity contribution < 1.29 is 50.6 Å². The Labute approximate surface area is 781 Å². The van der Waals surface area contributed by atoms with Gasteiger partial charge in [0.25, 0.3) is 0 Å². The second-order valence-corrected chi connectivity index (χ2v) is 47.8. The van der Waals surface area contributed by atoms with Crippen molar-refractivity contribution >= 4 is 101 Å². The first-order valence-electron chi connectivity index (χ1n) is 43.7. The molecular formula is C116H120ClO8P5. The van der Waals surface area contributed by atoms with Crippen molar-refractivity contribution in [1.29, 1.82) is 0 Å². The van der Waals surface area contributed by atoms with Crippen LogP contribution in [0.1, 0.15) is 89.0 Å². The number of hydrogen-bond donors (Lipinski definition) is 0. The molecule has 16 aromatic carbocycles. The van der Waals surface area contributed by atoms with Gasteiger partial charge in [0.2, 0.25) is 0 Å². The summed E-state index contributed by atoms with van der Waals surface area (Å²) in [7, 11) is -6.29. The highest BCUT2D eigenvalue weighted by atomic mass is 35.5. The molecule has 0 aliphatic heterocycles. The van der Waals surface area contributed by atoms with Gasteiger partial charge < -0.3 is 50.6 Å². The quantitative estimate of drug-likeness (QED) is 0.0548. The first-order valence-corrected chi connectivity index (χ1v) is 53.1. The summed E-state index contributed by atoms with van der Waals surface area (Å²) in [5.41, 5.74) is 21.3. The molecule has 0 aliphatic rings. The van der Waals surface area contributed by atoms with Crippen molar-refractivity contribution in [2.24, 2.45) is 0 Å². The third-order valence-corrected chi connectivity index (χ3v) is 43.0. The molecule has 14 heteroatoms. The van der Waals surface area contributed by atoms with E-state index < -0.39 is 36.9 Å². The fourth-order valence-corrected chi connectivity index (χ4v) is 38.1. The molecule has 0 heterocycles. The van der Waals surface area contributed by atoms with Crippen LogP contribution < -0.4 is 110 Å². The van der Waals surface area contributed by atoms with Crippen LogP contribution >= 0.6 is 36.9 Å². The maximum Gasteiger partial charge on any atom is 0.119 e. The first kappa shape index (κ1) is 99.4. The Hall–Kier alpha value is -11.2. The van der Waals surface area contributed by atoms with E-state index in [-0.39, 0.29) is 12.4 Å². The second-order valence-electron chi connectivity index (χ2n) is 33.3. The fourth-order valence-electron chi connectivity index (χ4n) is 18.4. The van der Waals surface area contributed by atoms with E-state index in [9.17, 15) is 0 Å². The lowest BCUT2D eigenvalue weighted by atomic mass is 10.2. The number of rotatable bonds is 24. The molecule has 0 bridgehead atoms. The molecule has 8 nitrogen and oxygen atoms in total. The van der Waals surface area contributed by atoms with E-state index in [1.54, 1.807) is 28.4 Å². The smallest absolute Gasteiger partial charge is 0.119 e. The number of halogens is 1. The van der Waals surface area contributed by atoms with Crippen LogP contribution in [0.4, 0.5) is 0 Å². The van der Waals surface area contributed by atoms with Gasteiger partial charge in [0, 0.05) is 0 Å². The average Bonchev–Trinajstić information content (AvgIpc) is 0.736. The van der Waals surface area contributed by atoms with Crippen molar-refractivity contribution in [3.05, 3.63) is 477 Å². The van der Waals surface area contributed by atoms with Crippen LogP contribution in [0.5, 0.6) is 23.0 Å². The first-order chi connectivity index (χ1) is 62.2. The lowest BCUT2D eigenvalue weighted by molar-refractivity contribution is -0.432. The zero-order chi connectivity index (χ0) is 91.9. The summed E-state index contributed by atoms with van der Waals surface area (Å²) in [6, 6.07) is 142. The van der Waals surface area contributed by atoms with Gasteiger partial charge in [-0.2, -0.15) is 7.82 Å². The Bertz CT molecular complexity index is 5610. The molecule has 0 atom stereocenters. The van der Waals surface area contributed by atoms with Gasteiger partial charge in [0.15, 0.2) is 0 Å². The summed E-state index contributed by atoms with van der Waals surface area (Å²) >= 11 is 0. The van der Waals surface area contributed by atoms with Gasteiger partial charge in [-0.25, -0.2) is 0 Å². The molecule has 0 aromatic heterocycles. The molecule has 0 aliphatic carbocycles. The number of benzene rings is 16. The molecule has 664 valence electrons. The molecule has 0 radical (unpaired) electrons. The Balaban J connectivity index is 0.000000164. The average molecular weight is 1830 g/mol. The largest absolute Gasteiger partial charge is 1.00 e. The van der Waals surface area contributed by atoms with Crippen LogP contribution in [-0.2, 0) is 29.2 Å². The standard InChI is InChI=1S/4C29H30OP.ClH.H3O4P/c1-22-9-5-14-27(17-22)31(28-15-6-10-23(2)18-28,29-16-7-11-24(3)19-29)21-25-12-8-13-26(20-25)30-4;3*1-22-12-5-8-17-27(22)31(28-18-9-6-13-23(28)2,29-19-10-7-14-24(29)3)21-25-15-11-16-26(20-25)30-4;;1-5(2,3)4/h4*5-20H,21H2,1-4H3;1H;(H3,1,2,3,4)/q4*+1;;/p-4. The minimum absolute atomic E-state index is 0. The number of hydrogen-bond acceptors (Lipinski definition) is 8. The molecule has 0 amide bonds. The molecule has 130 heavy (non-hydrogen) atoms. The van der Waals surface area contributed by atoms with Gasteiger partial charge in [0.05, 0.1) is 53.1 Å². The minimum Gasteiger partial charge on any atom is -1.00 e. The fraction of sp³-hybridized carbons (Fsp3) is 0.172. The Morgan fingerprint density at radius 3 is 0.515 bits per heavy atom. The van der Waals surface area contributed by atoms with Crippen LogP contribution in [0.15, 0.2) is 388 Å². The van der Waals surface area contributed by atoms with E-state index in [2.05, 4.69) is 447 Å². The normalized spacial score (nSPS) is 11.3. The van der Waals surface area contributed by atoms with Gasteiger partial charge in [-0.1, -0.05) is 249 Å². The molecule has 0 N–H and O–H groups in total. The second kappa shape index (κ2) is 46.1.